The van der Waals surface area contributed by atoms with Gasteiger partial charge < -0.3 is 5.32 Å². The third-order valence-electron chi connectivity index (χ3n) is 5.19. The summed E-state index contributed by atoms with van der Waals surface area (Å²) in [6.07, 6.45) is 2.70. The van der Waals surface area contributed by atoms with Crippen LogP contribution in [0, 0.1) is 0 Å². The Labute approximate surface area is 200 Å². The van der Waals surface area contributed by atoms with Crippen molar-refractivity contribution in [3.63, 3.8) is 0 Å². The maximum atomic E-state index is 13.3. The van der Waals surface area contributed by atoms with Gasteiger partial charge in [-0.05, 0) is 48.7 Å². The Bertz CT molecular complexity index is 1330. The van der Waals surface area contributed by atoms with E-state index in [9.17, 15) is 9.59 Å². The summed E-state index contributed by atoms with van der Waals surface area (Å²) in [4.78, 5) is 30.5. The minimum absolute atomic E-state index is 0.121. The van der Waals surface area contributed by atoms with Gasteiger partial charge in [-0.1, -0.05) is 54.6 Å². The summed E-state index contributed by atoms with van der Waals surface area (Å²) in [5, 5.41) is 8.35. The van der Waals surface area contributed by atoms with Crippen LogP contribution >= 0.6 is 23.4 Å². The zero-order valence-electron chi connectivity index (χ0n) is 18.4. The number of aryl methyl sites for hydroxylation is 2. The molecule has 170 valence electrons. The van der Waals surface area contributed by atoms with Crippen molar-refractivity contribution in [3.05, 3.63) is 81.2 Å². The van der Waals surface area contributed by atoms with Crippen molar-refractivity contribution in [3.8, 4) is 0 Å². The third-order valence-corrected chi connectivity index (χ3v) is 6.42. The number of benzene rings is 2. The van der Waals surface area contributed by atoms with Gasteiger partial charge >= 0.3 is 0 Å². The number of nitrogens with one attached hydrogen (secondary N) is 1. The lowest BCUT2D eigenvalue weighted by Gasteiger charge is -2.12. The first kappa shape index (κ1) is 23.1. The second-order valence-corrected chi connectivity index (χ2v) is 8.90. The first-order valence-electron chi connectivity index (χ1n) is 10.7. The molecule has 0 aliphatic rings. The van der Waals surface area contributed by atoms with E-state index in [1.807, 2.05) is 43.3 Å². The molecule has 1 N–H and O–H groups in total. The maximum absolute atomic E-state index is 13.3. The first-order chi connectivity index (χ1) is 16.0. The van der Waals surface area contributed by atoms with Crippen LogP contribution in [0.25, 0.3) is 11.0 Å². The Morgan fingerprint density at radius 2 is 1.76 bits per heavy atom. The van der Waals surface area contributed by atoms with Crippen LogP contribution in [0.4, 0.5) is 5.69 Å². The average molecular weight is 482 g/mol. The fourth-order valence-electron chi connectivity index (χ4n) is 3.36. The van der Waals surface area contributed by atoms with Crippen molar-refractivity contribution in [2.24, 2.45) is 0 Å². The van der Waals surface area contributed by atoms with Crippen molar-refractivity contribution in [2.75, 3.05) is 11.1 Å². The smallest absolute Gasteiger partial charge is 0.282 e. The van der Waals surface area contributed by atoms with Gasteiger partial charge in [0.25, 0.3) is 5.56 Å². The van der Waals surface area contributed by atoms with Crippen molar-refractivity contribution in [1.82, 2.24) is 19.3 Å². The van der Waals surface area contributed by atoms with E-state index in [0.717, 1.165) is 17.7 Å². The fraction of sp³-hybridized carbons (Fsp3) is 0.250. The molecule has 2 heterocycles. The molecule has 33 heavy (non-hydrogen) atoms. The van der Waals surface area contributed by atoms with Crippen LogP contribution in [0.2, 0.25) is 5.02 Å². The van der Waals surface area contributed by atoms with Crippen LogP contribution in [0.5, 0.6) is 0 Å². The Balaban J connectivity index is 1.59. The van der Waals surface area contributed by atoms with Crippen LogP contribution in [-0.2, 0) is 24.3 Å². The molecule has 1 amide bonds. The van der Waals surface area contributed by atoms with Gasteiger partial charge in [-0.15, -0.1) is 0 Å². The topological polar surface area (TPSA) is 81.8 Å². The van der Waals surface area contributed by atoms with E-state index < -0.39 is 0 Å². The third kappa shape index (κ3) is 5.46. The predicted molar refractivity (Wildman–Crippen MR) is 133 cm³/mol. The van der Waals surface area contributed by atoms with Gasteiger partial charge in [-0.25, -0.2) is 4.98 Å². The summed E-state index contributed by atoms with van der Waals surface area (Å²) >= 11 is 7.23. The molecule has 7 nitrogen and oxygen atoms in total. The quantitative estimate of drug-likeness (QED) is 0.293. The maximum Gasteiger partial charge on any atom is 0.282 e. The van der Waals surface area contributed by atoms with Gasteiger partial charge in [0.2, 0.25) is 5.91 Å². The monoisotopic (exact) mass is 481 g/mol. The van der Waals surface area contributed by atoms with Crippen LogP contribution in [0.1, 0.15) is 25.0 Å². The number of carbonyl (C=O) groups excluding carboxylic acids is 1. The molecule has 2 aromatic heterocycles. The van der Waals surface area contributed by atoms with E-state index in [1.165, 1.54) is 17.3 Å². The molecule has 4 rings (SSSR count). The van der Waals surface area contributed by atoms with Gasteiger partial charge in [0.15, 0.2) is 10.7 Å². The molecular weight excluding hydrogens is 458 g/mol. The van der Waals surface area contributed by atoms with E-state index in [-0.39, 0.29) is 17.2 Å². The van der Waals surface area contributed by atoms with Crippen molar-refractivity contribution >= 4 is 46.0 Å². The van der Waals surface area contributed by atoms with Crippen LogP contribution in [0.3, 0.4) is 0 Å². The molecule has 0 radical (unpaired) electrons. The second-order valence-electron chi connectivity index (χ2n) is 7.52. The molecule has 0 aliphatic heterocycles. The standard InChI is InChI=1S/C24H24ClN5O2S/c1-3-16-7-11-19(12-8-16)26-21(31)15-33-24-27-20-14-29(4-2)28-22(20)23(32)30(24)13-17-5-9-18(25)10-6-17/h5-12,14H,3-4,13,15H2,1-2H3,(H,26,31). The Kier molecular flexibility index (Phi) is 7.15. The molecule has 0 bridgehead atoms. The molecule has 0 saturated carbocycles. The molecule has 0 saturated heterocycles. The summed E-state index contributed by atoms with van der Waals surface area (Å²) in [6.45, 7) is 4.97. The SMILES string of the molecule is CCc1ccc(NC(=O)CSc2nc3cn(CC)nc3c(=O)n2Cc2ccc(Cl)cc2)cc1. The minimum Gasteiger partial charge on any atom is -0.325 e. The highest BCUT2D eigenvalue weighted by Crippen LogP contribution is 2.20. The number of thioether (sulfide) groups is 1. The molecule has 0 atom stereocenters. The van der Waals surface area contributed by atoms with E-state index >= 15 is 0 Å². The zero-order chi connectivity index (χ0) is 23.4. The van der Waals surface area contributed by atoms with E-state index in [2.05, 4.69) is 22.3 Å². The van der Waals surface area contributed by atoms with Crippen LogP contribution < -0.4 is 10.9 Å². The summed E-state index contributed by atoms with van der Waals surface area (Å²) < 4.78 is 3.25. The molecule has 0 aliphatic carbocycles. The predicted octanol–water partition coefficient (Wildman–Crippen LogP) is 4.61. The Morgan fingerprint density at radius 3 is 2.42 bits per heavy atom. The number of hydrogen-bond donors (Lipinski definition) is 1. The van der Waals surface area contributed by atoms with Gasteiger partial charge in [-0.3, -0.25) is 18.8 Å². The lowest BCUT2D eigenvalue weighted by molar-refractivity contribution is -0.113. The molecule has 9 heteroatoms. The molecule has 0 unspecified atom stereocenters. The van der Waals surface area contributed by atoms with E-state index in [1.54, 1.807) is 27.6 Å². The van der Waals surface area contributed by atoms with Crippen molar-refractivity contribution < 1.29 is 4.79 Å². The average Bonchev–Trinajstić information content (AvgIpc) is 3.25. The van der Waals surface area contributed by atoms with Crippen LogP contribution in [-0.4, -0.2) is 31.0 Å². The lowest BCUT2D eigenvalue weighted by atomic mass is 10.1. The number of hydrogen-bond acceptors (Lipinski definition) is 5. The number of halogens is 1. The highest BCUT2D eigenvalue weighted by molar-refractivity contribution is 7.99. The normalized spacial score (nSPS) is 11.1. The van der Waals surface area contributed by atoms with Crippen molar-refractivity contribution in [1.29, 1.82) is 0 Å². The summed E-state index contributed by atoms with van der Waals surface area (Å²) in [7, 11) is 0. The number of rotatable bonds is 8. The number of fused-ring (bicyclic) bond motifs is 1. The zero-order valence-corrected chi connectivity index (χ0v) is 20.0. The molecule has 2 aromatic carbocycles. The van der Waals surface area contributed by atoms with Gasteiger partial charge in [0.05, 0.1) is 18.5 Å². The van der Waals surface area contributed by atoms with Gasteiger partial charge in [-0.2, -0.15) is 5.10 Å². The summed E-state index contributed by atoms with van der Waals surface area (Å²) in [5.41, 5.74) is 3.45. The highest BCUT2D eigenvalue weighted by Gasteiger charge is 2.16. The molecular formula is C24H24ClN5O2S. The van der Waals surface area contributed by atoms with Gasteiger partial charge in [0, 0.05) is 17.3 Å². The highest BCUT2D eigenvalue weighted by atomic mass is 35.5. The van der Waals surface area contributed by atoms with Crippen molar-refractivity contribution in [2.45, 2.75) is 38.5 Å². The second kappa shape index (κ2) is 10.2. The van der Waals surface area contributed by atoms with Gasteiger partial charge in [0.1, 0.15) is 5.52 Å². The summed E-state index contributed by atoms with van der Waals surface area (Å²) in [5.74, 6) is -0.0448. The Morgan fingerprint density at radius 1 is 1.06 bits per heavy atom. The minimum atomic E-state index is -0.236. The number of amides is 1. The number of aromatic nitrogens is 4. The number of carbonyl (C=O) groups is 1. The first-order valence-corrected chi connectivity index (χ1v) is 12.1. The van der Waals surface area contributed by atoms with E-state index in [0.29, 0.717) is 34.3 Å². The summed E-state index contributed by atoms with van der Waals surface area (Å²) in [6, 6.07) is 15.1. The lowest BCUT2D eigenvalue weighted by Crippen LogP contribution is -2.25. The molecule has 0 spiro atoms. The number of anilines is 1. The molecule has 4 aromatic rings. The largest absolute Gasteiger partial charge is 0.325 e. The van der Waals surface area contributed by atoms with Crippen LogP contribution in [0.15, 0.2) is 64.7 Å². The van der Waals surface area contributed by atoms with E-state index in [4.69, 9.17) is 11.6 Å². The fourth-order valence-corrected chi connectivity index (χ4v) is 4.28. The Hall–Kier alpha value is -3.10. The number of nitrogens with zero attached hydrogens (tertiary/aromatic N) is 4. The molecule has 0 fully saturated rings.